The third kappa shape index (κ3) is 4.47. The van der Waals surface area contributed by atoms with Crippen LogP contribution in [-0.4, -0.2) is 65.7 Å². The Morgan fingerprint density at radius 3 is 2.40 bits per heavy atom. The Labute approximate surface area is 206 Å². The van der Waals surface area contributed by atoms with Crippen molar-refractivity contribution in [2.45, 2.75) is 24.9 Å². The summed E-state index contributed by atoms with van der Waals surface area (Å²) < 4.78 is 5.36. The first-order valence-corrected chi connectivity index (χ1v) is 12.2. The number of carbonyl (C=O) groups is 2. The van der Waals surface area contributed by atoms with Crippen molar-refractivity contribution in [2.24, 2.45) is 0 Å². The van der Waals surface area contributed by atoms with Crippen LogP contribution < -0.4 is 0 Å². The van der Waals surface area contributed by atoms with Crippen LogP contribution in [0.4, 0.5) is 4.79 Å². The molecular formula is C29H31N3O3. The predicted octanol–water partition coefficient (Wildman–Crippen LogP) is 4.76. The van der Waals surface area contributed by atoms with E-state index < -0.39 is 5.54 Å². The number of likely N-dealkylation sites (tertiary alicyclic amines) is 1. The van der Waals surface area contributed by atoms with E-state index in [2.05, 4.69) is 47.4 Å². The largest absolute Gasteiger partial charge is 0.364 e. The molecule has 5 rings (SSSR count). The number of hydrogen-bond acceptors (Lipinski definition) is 4. The van der Waals surface area contributed by atoms with E-state index in [0.29, 0.717) is 12.8 Å². The van der Waals surface area contributed by atoms with E-state index >= 15 is 0 Å². The lowest BCUT2D eigenvalue weighted by molar-refractivity contribution is -0.137. The molecule has 0 radical (unpaired) electrons. The fraction of sp³-hybridized carbons (Fsp3) is 0.310. The minimum Gasteiger partial charge on any atom is -0.364 e. The van der Waals surface area contributed by atoms with Crippen LogP contribution >= 0.6 is 0 Å². The highest BCUT2D eigenvalue weighted by Crippen LogP contribution is 2.38. The number of nitrogens with zero attached hydrogens (tertiary/aromatic N) is 3. The molecular weight excluding hydrogens is 438 g/mol. The van der Waals surface area contributed by atoms with Crippen LogP contribution in [0.3, 0.4) is 0 Å². The van der Waals surface area contributed by atoms with Gasteiger partial charge in [-0.25, -0.2) is 4.79 Å². The third-order valence-corrected chi connectivity index (χ3v) is 7.23. The zero-order chi connectivity index (χ0) is 24.3. The number of ether oxygens (including phenoxy) is 1. The van der Waals surface area contributed by atoms with Crippen molar-refractivity contribution in [3.8, 4) is 0 Å². The van der Waals surface area contributed by atoms with E-state index in [1.807, 2.05) is 42.5 Å². The first-order chi connectivity index (χ1) is 17.1. The van der Waals surface area contributed by atoms with Gasteiger partial charge in [0.05, 0.1) is 0 Å². The number of fused-ring (bicyclic) bond motifs is 1. The van der Waals surface area contributed by atoms with Gasteiger partial charge in [0.15, 0.2) is 0 Å². The van der Waals surface area contributed by atoms with Crippen LogP contribution in [0, 0.1) is 0 Å². The van der Waals surface area contributed by atoms with Gasteiger partial charge in [-0.1, -0.05) is 84.9 Å². The van der Waals surface area contributed by atoms with Crippen molar-refractivity contribution in [3.63, 3.8) is 0 Å². The number of carbonyl (C=O) groups excluding carboxylic acids is 2. The lowest BCUT2D eigenvalue weighted by Crippen LogP contribution is -2.56. The van der Waals surface area contributed by atoms with Crippen molar-refractivity contribution in [3.05, 3.63) is 90.0 Å². The monoisotopic (exact) mass is 469 g/mol. The normalized spacial score (nSPS) is 18.4. The number of amides is 3. The number of urea groups is 1. The number of rotatable bonds is 7. The lowest BCUT2D eigenvalue weighted by Gasteiger charge is -2.41. The smallest absolute Gasteiger partial charge is 0.329 e. The molecule has 0 N–H and O–H groups in total. The fourth-order valence-electron chi connectivity index (χ4n) is 5.35. The Morgan fingerprint density at radius 1 is 0.914 bits per heavy atom. The molecule has 1 spiro atoms. The van der Waals surface area contributed by atoms with Gasteiger partial charge in [0, 0.05) is 33.3 Å². The molecule has 0 aliphatic carbocycles. The van der Waals surface area contributed by atoms with Crippen molar-refractivity contribution in [2.75, 3.05) is 33.5 Å². The molecule has 3 aromatic rings. The first kappa shape index (κ1) is 23.3. The van der Waals surface area contributed by atoms with Crippen LogP contribution in [0.1, 0.15) is 24.0 Å². The van der Waals surface area contributed by atoms with Crippen LogP contribution in [0.5, 0.6) is 0 Å². The summed E-state index contributed by atoms with van der Waals surface area (Å²) in [6.07, 6.45) is 5.03. The zero-order valence-corrected chi connectivity index (χ0v) is 20.1. The van der Waals surface area contributed by atoms with Crippen molar-refractivity contribution < 1.29 is 14.3 Å². The minimum absolute atomic E-state index is 0.109. The van der Waals surface area contributed by atoms with E-state index in [0.717, 1.165) is 25.2 Å². The van der Waals surface area contributed by atoms with Crippen molar-refractivity contribution in [1.29, 1.82) is 0 Å². The van der Waals surface area contributed by atoms with Gasteiger partial charge in [0.25, 0.3) is 5.91 Å². The van der Waals surface area contributed by atoms with E-state index in [4.69, 9.17) is 4.74 Å². The Bertz CT molecular complexity index is 1230. The van der Waals surface area contributed by atoms with Gasteiger partial charge in [-0.05, 0) is 34.7 Å². The summed E-state index contributed by atoms with van der Waals surface area (Å²) in [4.78, 5) is 32.3. The van der Waals surface area contributed by atoms with E-state index in [1.165, 1.54) is 21.2 Å². The molecule has 0 bridgehead atoms. The fourth-order valence-corrected chi connectivity index (χ4v) is 5.35. The number of imide groups is 1. The summed E-state index contributed by atoms with van der Waals surface area (Å²) >= 11 is 0. The maximum Gasteiger partial charge on any atom is 0.329 e. The molecule has 6 heteroatoms. The molecule has 0 saturated carbocycles. The first-order valence-electron chi connectivity index (χ1n) is 12.2. The summed E-state index contributed by atoms with van der Waals surface area (Å²) in [5.74, 6) is -0.109. The zero-order valence-electron chi connectivity index (χ0n) is 20.1. The molecule has 3 amide bonds. The highest BCUT2D eigenvalue weighted by atomic mass is 16.5. The van der Waals surface area contributed by atoms with Gasteiger partial charge in [-0.3, -0.25) is 19.5 Å². The third-order valence-electron chi connectivity index (χ3n) is 7.23. The van der Waals surface area contributed by atoms with Gasteiger partial charge >= 0.3 is 6.03 Å². The van der Waals surface area contributed by atoms with Crippen molar-refractivity contribution >= 4 is 28.8 Å². The van der Waals surface area contributed by atoms with Gasteiger partial charge in [-0.2, -0.15) is 0 Å². The maximum atomic E-state index is 13.6. The lowest BCUT2D eigenvalue weighted by atomic mass is 9.86. The number of piperidine rings is 1. The highest BCUT2D eigenvalue weighted by molar-refractivity contribution is 6.07. The summed E-state index contributed by atoms with van der Waals surface area (Å²) in [6.45, 7) is 2.70. The van der Waals surface area contributed by atoms with Crippen LogP contribution in [0.2, 0.25) is 0 Å². The van der Waals surface area contributed by atoms with E-state index in [9.17, 15) is 9.59 Å². The molecule has 3 aromatic carbocycles. The highest BCUT2D eigenvalue weighted by Gasteiger charge is 2.57. The Kier molecular flexibility index (Phi) is 6.66. The summed E-state index contributed by atoms with van der Waals surface area (Å²) in [6, 6.07) is 24.5. The molecule has 0 atom stereocenters. The Hall–Kier alpha value is -3.48. The number of hydrogen-bond donors (Lipinski definition) is 0. The summed E-state index contributed by atoms with van der Waals surface area (Å²) in [5.41, 5.74) is 1.49. The quantitative estimate of drug-likeness (QED) is 0.469. The second-order valence-corrected chi connectivity index (χ2v) is 9.30. The summed E-state index contributed by atoms with van der Waals surface area (Å²) in [7, 11) is 1.57. The van der Waals surface area contributed by atoms with Gasteiger partial charge in [0.2, 0.25) is 0 Å². The van der Waals surface area contributed by atoms with Crippen molar-refractivity contribution in [1.82, 2.24) is 14.7 Å². The molecule has 2 fully saturated rings. The minimum atomic E-state index is -0.830. The maximum absolute atomic E-state index is 13.6. The molecule has 180 valence electrons. The molecule has 2 aliphatic rings. The Balaban J connectivity index is 1.30. The average Bonchev–Trinajstić information content (AvgIpc) is 3.08. The average molecular weight is 470 g/mol. The molecule has 6 nitrogen and oxygen atoms in total. The SMILES string of the molecule is COCN1C(=O)N(CC=Cc2ccccc2)C(=O)C12CCN(Cc1cccc3ccccc13)CC2. The van der Waals surface area contributed by atoms with Gasteiger partial charge in [-0.15, -0.1) is 0 Å². The van der Waals surface area contributed by atoms with E-state index in [-0.39, 0.29) is 25.2 Å². The van der Waals surface area contributed by atoms with Crippen LogP contribution in [0.15, 0.2) is 78.9 Å². The molecule has 2 heterocycles. The topological polar surface area (TPSA) is 53.1 Å². The van der Waals surface area contributed by atoms with Crippen LogP contribution in [0.25, 0.3) is 16.8 Å². The second kappa shape index (κ2) is 10.0. The van der Waals surface area contributed by atoms with E-state index in [1.54, 1.807) is 12.0 Å². The standard InChI is InChI=1S/C29H31N3O3/c1-35-22-32-28(34)31(18-8-11-23-9-3-2-4-10-23)27(33)29(32)16-19-30(20-17-29)21-25-14-7-13-24-12-5-6-15-26(24)25/h2-15H,16-22H2,1H3. The molecule has 2 aliphatic heterocycles. The van der Waals surface area contributed by atoms with Gasteiger partial charge < -0.3 is 4.74 Å². The molecule has 0 aromatic heterocycles. The molecule has 0 unspecified atom stereocenters. The molecule has 35 heavy (non-hydrogen) atoms. The predicted molar refractivity (Wildman–Crippen MR) is 137 cm³/mol. The van der Waals surface area contributed by atoms with Gasteiger partial charge in [0.1, 0.15) is 12.3 Å². The number of benzene rings is 3. The Morgan fingerprint density at radius 2 is 1.63 bits per heavy atom. The second-order valence-electron chi connectivity index (χ2n) is 9.30. The summed E-state index contributed by atoms with van der Waals surface area (Å²) in [5, 5.41) is 2.50. The molecule has 2 saturated heterocycles. The van der Waals surface area contributed by atoms with Crippen LogP contribution in [-0.2, 0) is 16.1 Å². The number of methoxy groups -OCH3 is 1.